The van der Waals surface area contributed by atoms with Crippen LogP contribution in [-0.4, -0.2) is 23.8 Å². The Morgan fingerprint density at radius 1 is 1.28 bits per heavy atom. The van der Waals surface area contributed by atoms with Gasteiger partial charge in [0.25, 0.3) is 0 Å². The van der Waals surface area contributed by atoms with Gasteiger partial charge >= 0.3 is 5.97 Å². The number of amides is 1. The van der Waals surface area contributed by atoms with Crippen molar-refractivity contribution in [1.29, 1.82) is 0 Å². The van der Waals surface area contributed by atoms with Crippen LogP contribution in [0, 0.1) is 5.41 Å². The van der Waals surface area contributed by atoms with Gasteiger partial charge in [-0.15, -0.1) is 0 Å². The highest BCUT2D eigenvalue weighted by Crippen LogP contribution is 2.34. The van der Waals surface area contributed by atoms with E-state index in [2.05, 4.69) is 5.32 Å². The number of hydrogen-bond donors (Lipinski definition) is 2. The van der Waals surface area contributed by atoms with E-state index in [9.17, 15) is 9.59 Å². The van der Waals surface area contributed by atoms with Gasteiger partial charge in [0.1, 0.15) is 5.41 Å². The summed E-state index contributed by atoms with van der Waals surface area (Å²) in [6, 6.07) is 4.88. The van der Waals surface area contributed by atoms with E-state index in [-0.39, 0.29) is 6.79 Å². The second-order valence-corrected chi connectivity index (χ2v) is 4.45. The van der Waals surface area contributed by atoms with Gasteiger partial charge in [-0.3, -0.25) is 9.59 Å². The molecule has 1 amide bonds. The Kier molecular flexibility index (Phi) is 2.86. The molecule has 0 saturated carbocycles. The lowest BCUT2D eigenvalue weighted by Gasteiger charge is -2.18. The van der Waals surface area contributed by atoms with E-state index in [1.807, 2.05) is 0 Å². The SMILES string of the molecule is CC(C)(C(=O)O)C(=O)Nc1ccc2c(c1)OCO2. The van der Waals surface area contributed by atoms with Crippen molar-refractivity contribution in [2.45, 2.75) is 13.8 Å². The third-order valence-corrected chi connectivity index (χ3v) is 2.73. The Hall–Kier alpha value is -2.24. The van der Waals surface area contributed by atoms with Gasteiger partial charge in [-0.2, -0.15) is 0 Å². The number of benzene rings is 1. The number of carbonyl (C=O) groups is 2. The molecule has 0 fully saturated rings. The van der Waals surface area contributed by atoms with Gasteiger partial charge in [-0.05, 0) is 26.0 Å². The van der Waals surface area contributed by atoms with E-state index in [0.717, 1.165) is 0 Å². The van der Waals surface area contributed by atoms with Crippen LogP contribution in [0.25, 0.3) is 0 Å². The maximum absolute atomic E-state index is 11.8. The summed E-state index contributed by atoms with van der Waals surface area (Å²) >= 11 is 0. The molecule has 0 unspecified atom stereocenters. The summed E-state index contributed by atoms with van der Waals surface area (Å²) in [5, 5.41) is 11.5. The lowest BCUT2D eigenvalue weighted by atomic mass is 9.92. The number of anilines is 1. The van der Waals surface area contributed by atoms with E-state index in [1.54, 1.807) is 18.2 Å². The molecule has 0 atom stereocenters. The number of hydrogen-bond acceptors (Lipinski definition) is 4. The van der Waals surface area contributed by atoms with Crippen LogP contribution in [0.4, 0.5) is 5.69 Å². The van der Waals surface area contributed by atoms with Gasteiger partial charge in [0.15, 0.2) is 11.5 Å². The summed E-state index contributed by atoms with van der Waals surface area (Å²) in [7, 11) is 0. The fraction of sp³-hybridized carbons (Fsp3) is 0.333. The minimum Gasteiger partial charge on any atom is -0.480 e. The number of carboxylic acids is 1. The number of carbonyl (C=O) groups excluding carboxylic acids is 1. The molecule has 96 valence electrons. The standard InChI is InChI=1S/C12H13NO5/c1-12(2,11(15)16)10(14)13-7-3-4-8-9(5-7)18-6-17-8/h3-5H,6H2,1-2H3,(H,13,14)(H,15,16). The van der Waals surface area contributed by atoms with Crippen molar-refractivity contribution in [3.05, 3.63) is 18.2 Å². The van der Waals surface area contributed by atoms with Crippen LogP contribution in [0.15, 0.2) is 18.2 Å². The zero-order chi connectivity index (χ0) is 13.3. The van der Waals surface area contributed by atoms with Gasteiger partial charge in [-0.1, -0.05) is 0 Å². The Bertz CT molecular complexity index is 509. The molecule has 0 aliphatic carbocycles. The monoisotopic (exact) mass is 251 g/mol. The highest BCUT2D eigenvalue weighted by Gasteiger charge is 2.36. The third-order valence-electron chi connectivity index (χ3n) is 2.73. The molecule has 1 aromatic rings. The van der Waals surface area contributed by atoms with E-state index in [0.29, 0.717) is 17.2 Å². The van der Waals surface area contributed by atoms with Crippen LogP contribution in [0.5, 0.6) is 11.5 Å². The van der Waals surface area contributed by atoms with Gasteiger partial charge < -0.3 is 19.9 Å². The van der Waals surface area contributed by atoms with Gasteiger partial charge in [0, 0.05) is 11.8 Å². The highest BCUT2D eigenvalue weighted by molar-refractivity contribution is 6.07. The molecule has 0 aromatic heterocycles. The first-order valence-corrected chi connectivity index (χ1v) is 5.36. The number of carboxylic acid groups (broad SMARTS) is 1. The first-order chi connectivity index (χ1) is 8.41. The largest absolute Gasteiger partial charge is 0.480 e. The molecule has 18 heavy (non-hydrogen) atoms. The molecule has 1 heterocycles. The fourth-order valence-corrected chi connectivity index (χ4v) is 1.36. The molecule has 2 rings (SSSR count). The third kappa shape index (κ3) is 2.09. The molecular formula is C12H13NO5. The Morgan fingerprint density at radius 2 is 1.94 bits per heavy atom. The molecule has 1 aliphatic heterocycles. The van der Waals surface area contributed by atoms with Crippen LogP contribution in [-0.2, 0) is 9.59 Å². The first-order valence-electron chi connectivity index (χ1n) is 5.36. The van der Waals surface area contributed by atoms with Crippen molar-refractivity contribution in [1.82, 2.24) is 0 Å². The van der Waals surface area contributed by atoms with Crippen molar-refractivity contribution in [2.24, 2.45) is 5.41 Å². The zero-order valence-corrected chi connectivity index (χ0v) is 10.0. The Morgan fingerprint density at radius 3 is 2.61 bits per heavy atom. The maximum atomic E-state index is 11.8. The zero-order valence-electron chi connectivity index (χ0n) is 10.0. The van der Waals surface area contributed by atoms with E-state index in [4.69, 9.17) is 14.6 Å². The summed E-state index contributed by atoms with van der Waals surface area (Å²) in [5.74, 6) is -0.638. The summed E-state index contributed by atoms with van der Waals surface area (Å²) in [4.78, 5) is 22.7. The van der Waals surface area contributed by atoms with Gasteiger partial charge in [0.2, 0.25) is 12.7 Å². The highest BCUT2D eigenvalue weighted by atomic mass is 16.7. The molecule has 0 bridgehead atoms. The molecule has 0 radical (unpaired) electrons. The predicted octanol–water partition coefficient (Wildman–Crippen LogP) is 1.46. The molecule has 6 heteroatoms. The Balaban J connectivity index is 2.15. The molecule has 1 aliphatic rings. The summed E-state index contributed by atoms with van der Waals surface area (Å²) in [6.07, 6.45) is 0. The Labute approximate surface area is 104 Å². The second kappa shape index (κ2) is 4.21. The van der Waals surface area contributed by atoms with E-state index >= 15 is 0 Å². The molecule has 0 spiro atoms. The van der Waals surface area contributed by atoms with Crippen LogP contribution in [0.3, 0.4) is 0 Å². The number of ether oxygens (including phenoxy) is 2. The van der Waals surface area contributed by atoms with Crippen LogP contribution in [0.2, 0.25) is 0 Å². The van der Waals surface area contributed by atoms with Crippen molar-refractivity contribution in [2.75, 3.05) is 12.1 Å². The van der Waals surface area contributed by atoms with Gasteiger partial charge in [-0.25, -0.2) is 0 Å². The second-order valence-electron chi connectivity index (χ2n) is 4.45. The first kappa shape index (κ1) is 12.2. The van der Waals surface area contributed by atoms with Crippen molar-refractivity contribution in [3.8, 4) is 11.5 Å². The normalized spacial score (nSPS) is 13.2. The average Bonchev–Trinajstić information content (AvgIpc) is 2.75. The van der Waals surface area contributed by atoms with Crippen molar-refractivity contribution >= 4 is 17.6 Å². The summed E-state index contributed by atoms with van der Waals surface area (Å²) in [6.45, 7) is 2.84. The maximum Gasteiger partial charge on any atom is 0.318 e. The van der Waals surface area contributed by atoms with E-state index in [1.165, 1.54) is 13.8 Å². The predicted molar refractivity (Wildman–Crippen MR) is 62.6 cm³/mol. The average molecular weight is 251 g/mol. The molecule has 2 N–H and O–H groups in total. The number of aliphatic carboxylic acids is 1. The van der Waals surface area contributed by atoms with Gasteiger partial charge in [0.05, 0.1) is 0 Å². The van der Waals surface area contributed by atoms with Crippen LogP contribution < -0.4 is 14.8 Å². The molecule has 0 saturated heterocycles. The summed E-state index contributed by atoms with van der Waals surface area (Å²) < 4.78 is 10.3. The quantitative estimate of drug-likeness (QED) is 0.794. The van der Waals surface area contributed by atoms with Crippen LogP contribution in [0.1, 0.15) is 13.8 Å². The molecule has 6 nitrogen and oxygen atoms in total. The van der Waals surface area contributed by atoms with Crippen molar-refractivity contribution in [3.63, 3.8) is 0 Å². The summed E-state index contributed by atoms with van der Waals surface area (Å²) in [5.41, 5.74) is -1.02. The number of rotatable bonds is 3. The minimum atomic E-state index is -1.49. The fourth-order valence-electron chi connectivity index (χ4n) is 1.36. The lowest BCUT2D eigenvalue weighted by molar-refractivity contribution is -0.151. The number of nitrogens with one attached hydrogen (secondary N) is 1. The van der Waals surface area contributed by atoms with Crippen LogP contribution >= 0.6 is 0 Å². The number of fused-ring (bicyclic) bond motifs is 1. The smallest absolute Gasteiger partial charge is 0.318 e. The van der Waals surface area contributed by atoms with Crippen molar-refractivity contribution < 1.29 is 24.2 Å². The minimum absolute atomic E-state index is 0.146. The lowest BCUT2D eigenvalue weighted by Crippen LogP contribution is -2.37. The topological polar surface area (TPSA) is 84.9 Å². The molecule has 1 aromatic carbocycles. The van der Waals surface area contributed by atoms with E-state index < -0.39 is 17.3 Å². The molecular weight excluding hydrogens is 238 g/mol.